The number of nitrogens with zero attached hydrogens (tertiary/aromatic N) is 4. The zero-order valence-corrected chi connectivity index (χ0v) is 22.7. The van der Waals surface area contributed by atoms with Gasteiger partial charge in [-0.1, -0.05) is 41.5 Å². The van der Waals surface area contributed by atoms with Crippen molar-refractivity contribution in [3.05, 3.63) is 41.0 Å². The number of carbonyl (C=O) groups is 1. The standard InChI is InChI=1S/C28H37N5O4/c1-27(2,3)18-12-16(13-19(23(18)35)28(4,5)6)25(36)32-8-10-33(11-9-32)26-30-20-15-21(34)22(37-7)14-17(20)24(29)31-26/h12-15,34-35H,8-11H2,1-7H3,(H2,29,30,31). The highest BCUT2D eigenvalue weighted by atomic mass is 16.5. The molecule has 37 heavy (non-hydrogen) atoms. The van der Waals surface area contributed by atoms with Crippen molar-refractivity contribution in [2.24, 2.45) is 0 Å². The molecular weight excluding hydrogens is 470 g/mol. The molecule has 0 saturated carbocycles. The van der Waals surface area contributed by atoms with Crippen LogP contribution in [0, 0.1) is 0 Å². The smallest absolute Gasteiger partial charge is 0.253 e. The van der Waals surface area contributed by atoms with Crippen LogP contribution in [0.15, 0.2) is 24.3 Å². The number of nitrogens with two attached hydrogens (primary N) is 1. The van der Waals surface area contributed by atoms with E-state index in [1.54, 1.807) is 6.07 Å². The lowest BCUT2D eigenvalue weighted by molar-refractivity contribution is 0.0746. The van der Waals surface area contributed by atoms with E-state index in [4.69, 9.17) is 10.5 Å². The number of hydrogen-bond donors (Lipinski definition) is 3. The van der Waals surface area contributed by atoms with E-state index in [9.17, 15) is 15.0 Å². The van der Waals surface area contributed by atoms with Crippen molar-refractivity contribution in [3.63, 3.8) is 0 Å². The molecule has 0 bridgehead atoms. The van der Waals surface area contributed by atoms with Gasteiger partial charge in [0.2, 0.25) is 5.95 Å². The minimum absolute atomic E-state index is 0.0207. The van der Waals surface area contributed by atoms with Crippen LogP contribution in [0.2, 0.25) is 0 Å². The van der Waals surface area contributed by atoms with Crippen LogP contribution < -0.4 is 15.4 Å². The number of hydrogen-bond acceptors (Lipinski definition) is 8. The van der Waals surface area contributed by atoms with Crippen LogP contribution in [-0.4, -0.2) is 64.3 Å². The summed E-state index contributed by atoms with van der Waals surface area (Å²) in [6, 6.07) is 6.79. The normalized spacial score (nSPS) is 14.8. The second-order valence-corrected chi connectivity index (χ2v) is 11.6. The average Bonchev–Trinajstić information content (AvgIpc) is 2.82. The third-order valence-electron chi connectivity index (χ3n) is 6.84. The highest BCUT2D eigenvalue weighted by molar-refractivity contribution is 5.95. The Morgan fingerprint density at radius 2 is 1.49 bits per heavy atom. The lowest BCUT2D eigenvalue weighted by Gasteiger charge is -2.35. The third kappa shape index (κ3) is 5.08. The van der Waals surface area contributed by atoms with Gasteiger partial charge in [-0.05, 0) is 29.0 Å². The van der Waals surface area contributed by atoms with Gasteiger partial charge in [0.1, 0.15) is 11.6 Å². The van der Waals surface area contributed by atoms with Crippen LogP contribution >= 0.6 is 0 Å². The number of amides is 1. The van der Waals surface area contributed by atoms with Crippen LogP contribution in [0.3, 0.4) is 0 Å². The van der Waals surface area contributed by atoms with Crippen molar-refractivity contribution in [3.8, 4) is 17.2 Å². The first-order valence-electron chi connectivity index (χ1n) is 12.5. The van der Waals surface area contributed by atoms with Gasteiger partial charge in [0, 0.05) is 54.3 Å². The van der Waals surface area contributed by atoms with Gasteiger partial charge >= 0.3 is 0 Å². The fourth-order valence-electron chi connectivity index (χ4n) is 4.65. The van der Waals surface area contributed by atoms with Crippen LogP contribution in [0.1, 0.15) is 63.0 Å². The molecule has 2 aromatic carbocycles. The Kier molecular flexibility index (Phi) is 6.60. The largest absolute Gasteiger partial charge is 0.507 e. The molecule has 0 spiro atoms. The number of aromatic nitrogens is 2. The van der Waals surface area contributed by atoms with Gasteiger partial charge in [-0.2, -0.15) is 4.98 Å². The third-order valence-corrected chi connectivity index (χ3v) is 6.84. The molecule has 4 N–H and O–H groups in total. The second kappa shape index (κ2) is 9.28. The van der Waals surface area contributed by atoms with E-state index in [0.29, 0.717) is 60.2 Å². The monoisotopic (exact) mass is 507 g/mol. The predicted octanol–water partition coefficient (Wildman–Crippen LogP) is 4.19. The Morgan fingerprint density at radius 3 is 2.00 bits per heavy atom. The average molecular weight is 508 g/mol. The molecule has 1 aliphatic heterocycles. The molecule has 9 nitrogen and oxygen atoms in total. The van der Waals surface area contributed by atoms with Crippen molar-refractivity contribution in [1.82, 2.24) is 14.9 Å². The molecule has 1 fully saturated rings. The molecule has 4 rings (SSSR count). The van der Waals surface area contributed by atoms with Gasteiger partial charge in [-0.3, -0.25) is 4.79 Å². The molecule has 2 heterocycles. The summed E-state index contributed by atoms with van der Waals surface area (Å²) in [6.07, 6.45) is 0. The minimum Gasteiger partial charge on any atom is -0.507 e. The van der Waals surface area contributed by atoms with Crippen molar-refractivity contribution < 1.29 is 19.7 Å². The summed E-state index contributed by atoms with van der Waals surface area (Å²) in [5.41, 5.74) is 8.20. The second-order valence-electron chi connectivity index (χ2n) is 11.6. The Labute approximate surface area is 217 Å². The molecule has 0 radical (unpaired) electrons. The summed E-state index contributed by atoms with van der Waals surface area (Å²) in [5.74, 6) is 1.23. The Bertz CT molecular complexity index is 1310. The van der Waals surface area contributed by atoms with Gasteiger partial charge in [0.15, 0.2) is 11.5 Å². The van der Waals surface area contributed by atoms with Gasteiger partial charge in [0.25, 0.3) is 5.91 Å². The molecule has 198 valence electrons. The maximum atomic E-state index is 13.6. The molecule has 9 heteroatoms. The summed E-state index contributed by atoms with van der Waals surface area (Å²) in [6.45, 7) is 14.3. The van der Waals surface area contributed by atoms with E-state index in [-0.39, 0.29) is 28.2 Å². The highest BCUT2D eigenvalue weighted by Gasteiger charge is 2.30. The van der Waals surface area contributed by atoms with E-state index in [0.717, 1.165) is 11.1 Å². The van der Waals surface area contributed by atoms with Crippen LogP contribution in [0.4, 0.5) is 11.8 Å². The topological polar surface area (TPSA) is 125 Å². The molecule has 0 atom stereocenters. The quantitative estimate of drug-likeness (QED) is 0.482. The fraction of sp³-hybridized carbons (Fsp3) is 0.464. The Morgan fingerprint density at radius 1 is 0.919 bits per heavy atom. The zero-order valence-electron chi connectivity index (χ0n) is 22.7. The van der Waals surface area contributed by atoms with Crippen molar-refractivity contribution >= 4 is 28.6 Å². The number of phenolic OH excluding ortho intramolecular Hbond substituents is 2. The first-order valence-corrected chi connectivity index (χ1v) is 12.5. The van der Waals surface area contributed by atoms with Crippen molar-refractivity contribution in [1.29, 1.82) is 0 Å². The number of nitrogen functional groups attached to an aromatic ring is 1. The zero-order chi connectivity index (χ0) is 27.3. The first kappa shape index (κ1) is 26.3. The van der Waals surface area contributed by atoms with Gasteiger partial charge in [0.05, 0.1) is 12.6 Å². The number of carbonyl (C=O) groups excluding carboxylic acids is 1. The van der Waals surface area contributed by atoms with E-state index < -0.39 is 0 Å². The maximum Gasteiger partial charge on any atom is 0.253 e. The number of rotatable bonds is 3. The number of ether oxygens (including phenoxy) is 1. The van der Waals surface area contributed by atoms with E-state index in [2.05, 4.69) is 9.97 Å². The highest BCUT2D eigenvalue weighted by Crippen LogP contribution is 2.40. The van der Waals surface area contributed by atoms with Crippen molar-refractivity contribution in [2.45, 2.75) is 52.4 Å². The molecule has 0 aliphatic carbocycles. The predicted molar refractivity (Wildman–Crippen MR) is 146 cm³/mol. The summed E-state index contributed by atoms with van der Waals surface area (Å²) < 4.78 is 5.16. The number of methoxy groups -OCH3 is 1. The number of phenols is 2. The lowest BCUT2D eigenvalue weighted by atomic mass is 9.78. The summed E-state index contributed by atoms with van der Waals surface area (Å²) >= 11 is 0. The number of aromatic hydroxyl groups is 2. The van der Waals surface area contributed by atoms with E-state index in [1.165, 1.54) is 13.2 Å². The summed E-state index contributed by atoms with van der Waals surface area (Å²) in [7, 11) is 1.47. The number of fused-ring (bicyclic) bond motifs is 1. The number of benzene rings is 2. The molecular formula is C28H37N5O4. The minimum atomic E-state index is -0.315. The molecule has 1 saturated heterocycles. The number of piperazine rings is 1. The molecule has 1 aromatic heterocycles. The fourth-order valence-corrected chi connectivity index (χ4v) is 4.65. The molecule has 3 aromatic rings. The summed E-state index contributed by atoms with van der Waals surface area (Å²) in [4.78, 5) is 26.4. The maximum absolute atomic E-state index is 13.6. The Balaban J connectivity index is 1.57. The SMILES string of the molecule is COc1cc2c(N)nc(N3CCN(C(=O)c4cc(C(C)(C)C)c(O)c(C(C)(C)C)c4)CC3)nc2cc1O. The van der Waals surface area contributed by atoms with Crippen LogP contribution in [-0.2, 0) is 10.8 Å². The Hall–Kier alpha value is -3.75. The van der Waals surface area contributed by atoms with Crippen LogP contribution in [0.5, 0.6) is 17.2 Å². The van der Waals surface area contributed by atoms with E-state index >= 15 is 0 Å². The van der Waals surface area contributed by atoms with Gasteiger partial charge in [-0.15, -0.1) is 0 Å². The van der Waals surface area contributed by atoms with E-state index in [1.807, 2.05) is 63.5 Å². The molecule has 0 unspecified atom stereocenters. The molecule has 1 amide bonds. The van der Waals surface area contributed by atoms with Crippen LogP contribution in [0.25, 0.3) is 10.9 Å². The molecule has 1 aliphatic rings. The summed E-state index contributed by atoms with van der Waals surface area (Å²) in [5, 5.41) is 21.8. The lowest BCUT2D eigenvalue weighted by Crippen LogP contribution is -2.49. The van der Waals surface area contributed by atoms with Gasteiger partial charge in [-0.25, -0.2) is 4.98 Å². The first-order chi connectivity index (χ1) is 17.2. The number of anilines is 2. The van der Waals surface area contributed by atoms with Gasteiger partial charge < -0.3 is 30.5 Å². The van der Waals surface area contributed by atoms with Crippen molar-refractivity contribution in [2.75, 3.05) is 43.9 Å².